The van der Waals surface area contributed by atoms with Gasteiger partial charge in [0.05, 0.1) is 0 Å². The zero-order valence-electron chi connectivity index (χ0n) is 13.5. The highest BCUT2D eigenvalue weighted by molar-refractivity contribution is 5.57. The van der Waals surface area contributed by atoms with Gasteiger partial charge in [-0.3, -0.25) is 0 Å². The van der Waals surface area contributed by atoms with E-state index in [0.717, 1.165) is 30.6 Å². The van der Waals surface area contributed by atoms with E-state index in [-0.39, 0.29) is 11.5 Å². The lowest BCUT2D eigenvalue weighted by atomic mass is 9.46. The normalized spacial score (nSPS) is 56.2. The van der Waals surface area contributed by atoms with E-state index in [4.69, 9.17) is 5.73 Å². The van der Waals surface area contributed by atoms with Crippen molar-refractivity contribution in [3.63, 3.8) is 0 Å². The molecule has 2 heteroatoms. The average Bonchev–Trinajstić information content (AvgIpc) is 2.83. The van der Waals surface area contributed by atoms with Gasteiger partial charge in [0.2, 0.25) is 0 Å². The van der Waals surface area contributed by atoms with E-state index in [9.17, 15) is 4.79 Å². The summed E-state index contributed by atoms with van der Waals surface area (Å²) in [6, 6.07) is 0. The average molecular weight is 289 g/mol. The molecule has 0 aromatic rings. The molecule has 2 N–H and O–H groups in total. The first-order valence-electron chi connectivity index (χ1n) is 9.34. The van der Waals surface area contributed by atoms with Crippen molar-refractivity contribution in [3.8, 4) is 0 Å². The topological polar surface area (TPSA) is 43.1 Å². The minimum absolute atomic E-state index is 0.139. The van der Waals surface area contributed by atoms with Crippen molar-refractivity contribution in [1.29, 1.82) is 0 Å². The maximum Gasteiger partial charge on any atom is 0.124 e. The standard InChI is InChI=1S/C19H31NO/c1-18-10-3-2-4-13(18)5-7-15-16(18)9-11-19(20)14(12-21)6-8-17(15)19/h12-17H,2-11,20H2,1H3/t13?,14?,15-,16+,17+,18+,19+/m1/s1. The summed E-state index contributed by atoms with van der Waals surface area (Å²) in [6.45, 7) is 2.60. The Morgan fingerprint density at radius 1 is 0.952 bits per heavy atom. The van der Waals surface area contributed by atoms with Crippen LogP contribution in [0.3, 0.4) is 0 Å². The first-order valence-corrected chi connectivity index (χ1v) is 9.34. The lowest BCUT2D eigenvalue weighted by Gasteiger charge is -2.60. The van der Waals surface area contributed by atoms with Crippen LogP contribution in [0.5, 0.6) is 0 Å². The van der Waals surface area contributed by atoms with Crippen LogP contribution < -0.4 is 5.73 Å². The van der Waals surface area contributed by atoms with Crippen LogP contribution in [-0.4, -0.2) is 11.8 Å². The molecule has 0 spiro atoms. The van der Waals surface area contributed by atoms with E-state index < -0.39 is 0 Å². The van der Waals surface area contributed by atoms with Crippen molar-refractivity contribution < 1.29 is 4.79 Å². The predicted molar refractivity (Wildman–Crippen MR) is 84.7 cm³/mol. The van der Waals surface area contributed by atoms with Gasteiger partial charge in [-0.1, -0.05) is 19.8 Å². The summed E-state index contributed by atoms with van der Waals surface area (Å²) in [5, 5.41) is 0. The highest BCUT2D eigenvalue weighted by Gasteiger charge is 2.59. The van der Waals surface area contributed by atoms with Gasteiger partial charge in [0.15, 0.2) is 0 Å². The maximum atomic E-state index is 11.4. The molecule has 0 amide bonds. The van der Waals surface area contributed by atoms with E-state index in [2.05, 4.69) is 6.92 Å². The second-order valence-corrected chi connectivity index (χ2v) is 8.87. The van der Waals surface area contributed by atoms with Crippen molar-refractivity contribution in [2.45, 2.75) is 76.7 Å². The predicted octanol–water partition coefficient (Wildman–Crippen LogP) is 3.93. The Labute approximate surface area is 129 Å². The molecule has 4 fully saturated rings. The van der Waals surface area contributed by atoms with Gasteiger partial charge < -0.3 is 10.5 Å². The molecule has 0 aromatic carbocycles. The van der Waals surface area contributed by atoms with E-state index in [0.29, 0.717) is 11.3 Å². The number of hydrogen-bond donors (Lipinski definition) is 1. The van der Waals surface area contributed by atoms with E-state index in [1.165, 1.54) is 57.7 Å². The zero-order valence-corrected chi connectivity index (χ0v) is 13.5. The van der Waals surface area contributed by atoms with E-state index >= 15 is 0 Å². The van der Waals surface area contributed by atoms with E-state index in [1.807, 2.05) is 0 Å². The Bertz CT molecular complexity index is 435. The second kappa shape index (κ2) is 4.81. The molecule has 4 saturated carbocycles. The van der Waals surface area contributed by atoms with Gasteiger partial charge in [-0.2, -0.15) is 0 Å². The molecule has 4 aliphatic carbocycles. The fourth-order valence-corrected chi connectivity index (χ4v) is 7.26. The fraction of sp³-hybridized carbons (Fsp3) is 0.947. The van der Waals surface area contributed by atoms with Gasteiger partial charge in [0.25, 0.3) is 0 Å². The summed E-state index contributed by atoms with van der Waals surface area (Å²) >= 11 is 0. The third-order valence-corrected chi connectivity index (χ3v) is 8.40. The third kappa shape index (κ3) is 1.84. The first-order chi connectivity index (χ1) is 10.1. The minimum Gasteiger partial charge on any atom is -0.324 e. The van der Waals surface area contributed by atoms with Gasteiger partial charge in [-0.15, -0.1) is 0 Å². The smallest absolute Gasteiger partial charge is 0.124 e. The fourth-order valence-electron chi connectivity index (χ4n) is 7.26. The number of fused-ring (bicyclic) bond motifs is 5. The van der Waals surface area contributed by atoms with Crippen molar-refractivity contribution in [2.75, 3.05) is 0 Å². The molecule has 21 heavy (non-hydrogen) atoms. The van der Waals surface area contributed by atoms with E-state index in [1.54, 1.807) is 0 Å². The van der Waals surface area contributed by atoms with Crippen LogP contribution in [0.25, 0.3) is 0 Å². The molecule has 7 atom stereocenters. The summed E-state index contributed by atoms with van der Waals surface area (Å²) < 4.78 is 0. The summed E-state index contributed by atoms with van der Waals surface area (Å²) in [7, 11) is 0. The molecule has 0 aromatic heterocycles. The van der Waals surface area contributed by atoms with Crippen LogP contribution in [0, 0.1) is 35.0 Å². The summed E-state index contributed by atoms with van der Waals surface area (Å²) in [5.41, 5.74) is 7.24. The Morgan fingerprint density at radius 3 is 2.62 bits per heavy atom. The Hall–Kier alpha value is -0.370. The van der Waals surface area contributed by atoms with Crippen molar-refractivity contribution >= 4 is 6.29 Å². The van der Waals surface area contributed by atoms with Gasteiger partial charge in [0, 0.05) is 11.5 Å². The summed E-state index contributed by atoms with van der Waals surface area (Å²) in [6.07, 6.45) is 14.4. The van der Waals surface area contributed by atoms with Crippen LogP contribution in [0.2, 0.25) is 0 Å². The molecule has 4 aliphatic rings. The molecular weight excluding hydrogens is 258 g/mol. The maximum absolute atomic E-state index is 11.4. The van der Waals surface area contributed by atoms with Crippen molar-refractivity contribution in [1.82, 2.24) is 0 Å². The van der Waals surface area contributed by atoms with Crippen LogP contribution >= 0.6 is 0 Å². The molecule has 0 saturated heterocycles. The number of hydrogen-bond acceptors (Lipinski definition) is 2. The molecule has 0 radical (unpaired) electrons. The monoisotopic (exact) mass is 289 g/mol. The van der Waals surface area contributed by atoms with Crippen LogP contribution in [0.1, 0.15) is 71.1 Å². The van der Waals surface area contributed by atoms with Gasteiger partial charge in [0.1, 0.15) is 6.29 Å². The van der Waals surface area contributed by atoms with Crippen LogP contribution in [0.4, 0.5) is 0 Å². The van der Waals surface area contributed by atoms with Crippen molar-refractivity contribution in [3.05, 3.63) is 0 Å². The van der Waals surface area contributed by atoms with Crippen LogP contribution in [0.15, 0.2) is 0 Å². The number of nitrogens with two attached hydrogens (primary N) is 1. The quantitative estimate of drug-likeness (QED) is 0.743. The Kier molecular flexibility index (Phi) is 3.26. The molecule has 4 rings (SSSR count). The summed E-state index contributed by atoms with van der Waals surface area (Å²) in [5.74, 6) is 3.45. The second-order valence-electron chi connectivity index (χ2n) is 8.87. The lowest BCUT2D eigenvalue weighted by molar-refractivity contribution is -0.117. The largest absolute Gasteiger partial charge is 0.324 e. The highest BCUT2D eigenvalue weighted by Crippen LogP contribution is 2.64. The molecular formula is C19H31NO. The Morgan fingerprint density at radius 2 is 1.81 bits per heavy atom. The number of carbonyl (C=O) groups excluding carboxylic acids is 1. The molecule has 0 bridgehead atoms. The van der Waals surface area contributed by atoms with Gasteiger partial charge in [-0.05, 0) is 80.5 Å². The SMILES string of the molecule is C[C@]12CCCCC1CC[C@@H]1[C@@H]2CC[C@]2(N)C(C=O)CC[C@@H]12. The minimum atomic E-state index is -0.152. The van der Waals surface area contributed by atoms with Gasteiger partial charge >= 0.3 is 0 Å². The Balaban J connectivity index is 1.64. The van der Waals surface area contributed by atoms with Gasteiger partial charge in [-0.25, -0.2) is 0 Å². The zero-order chi connectivity index (χ0) is 14.7. The number of aldehydes is 1. The molecule has 2 unspecified atom stereocenters. The summed E-state index contributed by atoms with van der Waals surface area (Å²) in [4.78, 5) is 11.4. The highest BCUT2D eigenvalue weighted by atomic mass is 16.1. The van der Waals surface area contributed by atoms with Crippen LogP contribution in [-0.2, 0) is 4.79 Å². The lowest BCUT2D eigenvalue weighted by Crippen LogP contribution is -2.60. The first kappa shape index (κ1) is 14.2. The molecule has 0 aliphatic heterocycles. The number of rotatable bonds is 1. The molecule has 118 valence electrons. The third-order valence-electron chi connectivity index (χ3n) is 8.40. The molecule has 0 heterocycles. The number of carbonyl (C=O) groups is 1. The van der Waals surface area contributed by atoms with Crippen molar-refractivity contribution in [2.24, 2.45) is 40.7 Å². The molecule has 2 nitrogen and oxygen atoms in total.